The van der Waals surface area contributed by atoms with E-state index in [1.54, 1.807) is 4.90 Å². The third-order valence-electron chi connectivity index (χ3n) is 4.36. The molecule has 0 unspecified atom stereocenters. The molecule has 0 bridgehead atoms. The molecule has 3 saturated heterocycles. The van der Waals surface area contributed by atoms with E-state index in [1.807, 2.05) is 11.9 Å². The van der Waals surface area contributed by atoms with E-state index in [1.165, 1.54) is 0 Å². The number of nitrogens with zero attached hydrogens (tertiary/aromatic N) is 2. The Labute approximate surface area is 111 Å². The first kappa shape index (κ1) is 12.8. The molecule has 3 aliphatic rings. The van der Waals surface area contributed by atoms with Crippen molar-refractivity contribution in [2.24, 2.45) is 0 Å². The summed E-state index contributed by atoms with van der Waals surface area (Å²) in [5.74, 6) is -0.0381. The molecule has 106 valence electrons. The van der Waals surface area contributed by atoms with E-state index in [-0.39, 0.29) is 11.8 Å². The Bertz CT molecular complexity index is 386. The molecule has 0 saturated carbocycles. The van der Waals surface area contributed by atoms with E-state index >= 15 is 0 Å². The van der Waals surface area contributed by atoms with Crippen LogP contribution in [0.4, 0.5) is 0 Å². The van der Waals surface area contributed by atoms with Gasteiger partial charge in [0.1, 0.15) is 5.54 Å². The van der Waals surface area contributed by atoms with E-state index in [0.717, 1.165) is 0 Å². The SMILES string of the molecule is CN1CNC(=O)C12CCN(C(=O)C1OCCO1)CC2. The lowest BCUT2D eigenvalue weighted by Crippen LogP contribution is -2.57. The quantitative estimate of drug-likeness (QED) is 0.643. The number of piperidine rings is 1. The van der Waals surface area contributed by atoms with Gasteiger partial charge in [-0.25, -0.2) is 0 Å². The zero-order chi connectivity index (χ0) is 13.5. The molecule has 7 heteroatoms. The van der Waals surface area contributed by atoms with Crippen molar-refractivity contribution in [2.75, 3.05) is 40.0 Å². The molecular formula is C12H19N3O4. The molecular weight excluding hydrogens is 250 g/mol. The Hall–Kier alpha value is -1.18. The van der Waals surface area contributed by atoms with E-state index in [2.05, 4.69) is 5.32 Å². The van der Waals surface area contributed by atoms with Gasteiger partial charge in [-0.1, -0.05) is 0 Å². The maximum Gasteiger partial charge on any atom is 0.279 e. The molecule has 1 N–H and O–H groups in total. The molecule has 3 aliphatic heterocycles. The molecule has 3 heterocycles. The number of likely N-dealkylation sites (tertiary alicyclic amines) is 1. The first-order valence-electron chi connectivity index (χ1n) is 6.65. The highest BCUT2D eigenvalue weighted by molar-refractivity contribution is 5.89. The first-order chi connectivity index (χ1) is 9.13. The van der Waals surface area contributed by atoms with E-state index in [9.17, 15) is 9.59 Å². The summed E-state index contributed by atoms with van der Waals surface area (Å²) in [4.78, 5) is 27.9. The molecule has 0 aromatic carbocycles. The van der Waals surface area contributed by atoms with Gasteiger partial charge in [0.15, 0.2) is 0 Å². The summed E-state index contributed by atoms with van der Waals surface area (Å²) >= 11 is 0. The van der Waals surface area contributed by atoms with E-state index in [0.29, 0.717) is 45.8 Å². The van der Waals surface area contributed by atoms with Gasteiger partial charge in [0.25, 0.3) is 5.91 Å². The number of carbonyl (C=O) groups is 2. The Morgan fingerprint density at radius 2 is 1.95 bits per heavy atom. The van der Waals surface area contributed by atoms with Crippen molar-refractivity contribution in [1.29, 1.82) is 0 Å². The Morgan fingerprint density at radius 3 is 2.47 bits per heavy atom. The van der Waals surface area contributed by atoms with Gasteiger partial charge >= 0.3 is 0 Å². The van der Waals surface area contributed by atoms with Crippen LogP contribution in [0.5, 0.6) is 0 Å². The number of ether oxygens (including phenoxy) is 2. The van der Waals surface area contributed by atoms with Gasteiger partial charge in [-0.2, -0.15) is 0 Å². The number of hydrogen-bond acceptors (Lipinski definition) is 5. The van der Waals surface area contributed by atoms with Crippen LogP contribution in [0.1, 0.15) is 12.8 Å². The molecule has 2 amide bonds. The monoisotopic (exact) mass is 269 g/mol. The molecule has 7 nitrogen and oxygen atoms in total. The molecule has 19 heavy (non-hydrogen) atoms. The fourth-order valence-electron chi connectivity index (χ4n) is 3.04. The topological polar surface area (TPSA) is 71.1 Å². The van der Waals surface area contributed by atoms with Crippen molar-refractivity contribution in [1.82, 2.24) is 15.1 Å². The summed E-state index contributed by atoms with van der Waals surface area (Å²) < 4.78 is 10.4. The van der Waals surface area contributed by atoms with E-state index in [4.69, 9.17) is 9.47 Å². The standard InChI is InChI=1S/C12H19N3O4/c1-14-8-13-11(17)12(14)2-4-15(5-3-12)9(16)10-18-6-7-19-10/h10H,2-8H2,1H3,(H,13,17). The zero-order valence-corrected chi connectivity index (χ0v) is 11.1. The van der Waals surface area contributed by atoms with Crippen LogP contribution in [0.25, 0.3) is 0 Å². The predicted octanol–water partition coefficient (Wildman–Crippen LogP) is -1.26. The first-order valence-corrected chi connectivity index (χ1v) is 6.65. The number of amides is 2. The second kappa shape index (κ2) is 4.73. The van der Waals surface area contributed by atoms with Gasteiger partial charge in [-0.05, 0) is 19.9 Å². The average Bonchev–Trinajstić information content (AvgIpc) is 3.05. The predicted molar refractivity (Wildman–Crippen MR) is 65.0 cm³/mol. The molecule has 0 aliphatic carbocycles. The van der Waals surface area contributed by atoms with Crippen LogP contribution in [0.15, 0.2) is 0 Å². The van der Waals surface area contributed by atoms with Crippen molar-refractivity contribution in [3.05, 3.63) is 0 Å². The Balaban J connectivity index is 1.63. The summed E-state index contributed by atoms with van der Waals surface area (Å²) in [7, 11) is 1.94. The van der Waals surface area contributed by atoms with Gasteiger partial charge in [0.05, 0.1) is 19.9 Å². The lowest BCUT2D eigenvalue weighted by atomic mass is 9.86. The maximum absolute atomic E-state index is 12.1. The van der Waals surface area contributed by atoms with Gasteiger partial charge in [0.2, 0.25) is 12.2 Å². The fourth-order valence-corrected chi connectivity index (χ4v) is 3.04. The lowest BCUT2D eigenvalue weighted by Gasteiger charge is -2.41. The highest BCUT2D eigenvalue weighted by Crippen LogP contribution is 2.31. The van der Waals surface area contributed by atoms with Crippen LogP contribution in [0.2, 0.25) is 0 Å². The summed E-state index contributed by atoms with van der Waals surface area (Å²) in [6, 6.07) is 0. The number of carbonyl (C=O) groups excluding carboxylic acids is 2. The van der Waals surface area contributed by atoms with Crippen LogP contribution in [0.3, 0.4) is 0 Å². The van der Waals surface area contributed by atoms with Gasteiger partial charge < -0.3 is 19.7 Å². The van der Waals surface area contributed by atoms with Gasteiger partial charge in [-0.15, -0.1) is 0 Å². The smallest absolute Gasteiger partial charge is 0.279 e. The van der Waals surface area contributed by atoms with Gasteiger partial charge in [-0.3, -0.25) is 14.5 Å². The van der Waals surface area contributed by atoms with Crippen molar-refractivity contribution < 1.29 is 19.1 Å². The Morgan fingerprint density at radius 1 is 1.32 bits per heavy atom. The minimum Gasteiger partial charge on any atom is -0.342 e. The fraction of sp³-hybridized carbons (Fsp3) is 0.833. The van der Waals surface area contributed by atoms with Crippen LogP contribution in [0, 0.1) is 0 Å². The van der Waals surface area contributed by atoms with Crippen molar-refractivity contribution in [2.45, 2.75) is 24.7 Å². The molecule has 0 aromatic rings. The van der Waals surface area contributed by atoms with Crippen molar-refractivity contribution in [3.63, 3.8) is 0 Å². The normalized spacial score (nSPS) is 28.1. The molecule has 1 spiro atoms. The van der Waals surface area contributed by atoms with Gasteiger partial charge in [0, 0.05) is 13.1 Å². The van der Waals surface area contributed by atoms with Crippen LogP contribution < -0.4 is 5.32 Å². The van der Waals surface area contributed by atoms with Crippen molar-refractivity contribution >= 4 is 11.8 Å². The highest BCUT2D eigenvalue weighted by Gasteiger charge is 2.49. The number of likely N-dealkylation sites (N-methyl/N-ethyl adjacent to an activating group) is 1. The minimum atomic E-state index is -0.746. The zero-order valence-electron chi connectivity index (χ0n) is 11.1. The van der Waals surface area contributed by atoms with Crippen LogP contribution in [-0.2, 0) is 19.1 Å². The van der Waals surface area contributed by atoms with Crippen molar-refractivity contribution in [3.8, 4) is 0 Å². The molecule has 0 atom stereocenters. The summed E-state index contributed by atoms with van der Waals surface area (Å²) in [6.45, 7) is 2.67. The highest BCUT2D eigenvalue weighted by atomic mass is 16.7. The summed E-state index contributed by atoms with van der Waals surface area (Å²) in [6.07, 6.45) is 0.575. The van der Waals surface area contributed by atoms with Crippen LogP contribution >= 0.6 is 0 Å². The largest absolute Gasteiger partial charge is 0.342 e. The number of hydrogen-bond donors (Lipinski definition) is 1. The maximum atomic E-state index is 12.1. The average molecular weight is 269 g/mol. The number of rotatable bonds is 1. The second-order valence-corrected chi connectivity index (χ2v) is 5.29. The molecule has 3 rings (SSSR count). The summed E-state index contributed by atoms with van der Waals surface area (Å²) in [5, 5.41) is 2.86. The Kier molecular flexibility index (Phi) is 3.20. The lowest BCUT2D eigenvalue weighted by molar-refractivity contribution is -0.161. The van der Waals surface area contributed by atoms with Crippen LogP contribution in [-0.4, -0.2) is 73.5 Å². The molecule has 0 radical (unpaired) electrons. The second-order valence-electron chi connectivity index (χ2n) is 5.29. The third-order valence-corrected chi connectivity index (χ3v) is 4.36. The minimum absolute atomic E-state index is 0.0791. The molecule has 0 aromatic heterocycles. The summed E-state index contributed by atoms with van der Waals surface area (Å²) in [5.41, 5.74) is -0.436. The third kappa shape index (κ3) is 2.01. The number of nitrogens with one attached hydrogen (secondary N) is 1. The molecule has 3 fully saturated rings. The van der Waals surface area contributed by atoms with E-state index < -0.39 is 11.8 Å².